The third kappa shape index (κ3) is 3.81. The van der Waals surface area contributed by atoms with Gasteiger partial charge < -0.3 is 9.80 Å². The summed E-state index contributed by atoms with van der Waals surface area (Å²) in [4.78, 5) is 25.8. The molecule has 0 saturated carbocycles. The standard InChI is InChI=1S/C19H22N6OS/c1-12-11-25(5-4-24(12)3)18(26)8-16-6-14-7-17(19-23-22-13(2)27-19)21-10-15(14)9-20-16/h6-7,9-10,12H,4-5,8,11H2,1-3H3/t12-/m1/s1. The van der Waals surface area contributed by atoms with E-state index in [1.165, 1.54) is 11.3 Å². The number of aryl methyl sites for hydroxylation is 1. The van der Waals surface area contributed by atoms with Gasteiger partial charge in [-0.05, 0) is 38.4 Å². The summed E-state index contributed by atoms with van der Waals surface area (Å²) >= 11 is 1.52. The molecule has 0 radical (unpaired) electrons. The first-order valence-corrected chi connectivity index (χ1v) is 9.84. The molecule has 4 rings (SSSR count). The molecule has 1 aliphatic rings. The van der Waals surface area contributed by atoms with Crippen molar-refractivity contribution in [1.29, 1.82) is 0 Å². The van der Waals surface area contributed by atoms with Crippen LogP contribution in [-0.2, 0) is 11.2 Å². The van der Waals surface area contributed by atoms with E-state index in [0.29, 0.717) is 12.5 Å². The first kappa shape index (κ1) is 17.9. The zero-order valence-corrected chi connectivity index (χ0v) is 16.5. The van der Waals surface area contributed by atoms with Gasteiger partial charge in [0.05, 0.1) is 12.1 Å². The lowest BCUT2D eigenvalue weighted by Crippen LogP contribution is -2.52. The zero-order chi connectivity index (χ0) is 19.0. The van der Waals surface area contributed by atoms with Crippen LogP contribution in [0, 0.1) is 6.92 Å². The van der Waals surface area contributed by atoms with Gasteiger partial charge in [-0.25, -0.2) is 0 Å². The maximum Gasteiger partial charge on any atom is 0.228 e. The third-order valence-electron chi connectivity index (χ3n) is 5.05. The highest BCUT2D eigenvalue weighted by Crippen LogP contribution is 2.24. The van der Waals surface area contributed by atoms with Gasteiger partial charge in [-0.2, -0.15) is 0 Å². The maximum atomic E-state index is 12.7. The number of hydrogen-bond donors (Lipinski definition) is 0. The van der Waals surface area contributed by atoms with Crippen LogP contribution in [0.25, 0.3) is 21.5 Å². The average Bonchev–Trinajstić information content (AvgIpc) is 3.09. The molecule has 1 aliphatic heterocycles. The molecule has 4 heterocycles. The Morgan fingerprint density at radius 1 is 1.19 bits per heavy atom. The second-order valence-corrected chi connectivity index (χ2v) is 8.25. The van der Waals surface area contributed by atoms with E-state index in [-0.39, 0.29) is 5.91 Å². The molecule has 0 aromatic carbocycles. The molecule has 0 N–H and O–H groups in total. The van der Waals surface area contributed by atoms with Crippen molar-refractivity contribution in [3.05, 3.63) is 35.2 Å². The van der Waals surface area contributed by atoms with Gasteiger partial charge in [0, 0.05) is 43.5 Å². The van der Waals surface area contributed by atoms with Crippen molar-refractivity contribution in [2.75, 3.05) is 26.7 Å². The van der Waals surface area contributed by atoms with E-state index in [1.807, 2.05) is 24.0 Å². The SMILES string of the molecule is Cc1nnc(-c2cc3cc(CC(=O)N4CCN(C)[C@H](C)C4)ncc3cn2)s1. The van der Waals surface area contributed by atoms with Gasteiger partial charge in [-0.3, -0.25) is 14.8 Å². The highest BCUT2D eigenvalue weighted by molar-refractivity contribution is 7.14. The molecular formula is C19H22N6OS. The lowest BCUT2D eigenvalue weighted by molar-refractivity contribution is -0.133. The summed E-state index contributed by atoms with van der Waals surface area (Å²) in [5.74, 6) is 0.135. The Morgan fingerprint density at radius 3 is 2.74 bits per heavy atom. The van der Waals surface area contributed by atoms with Crippen LogP contribution in [0.2, 0.25) is 0 Å². The first-order chi connectivity index (χ1) is 13.0. The van der Waals surface area contributed by atoms with Crippen LogP contribution < -0.4 is 0 Å². The number of aromatic nitrogens is 4. The number of nitrogens with zero attached hydrogens (tertiary/aromatic N) is 6. The van der Waals surface area contributed by atoms with Gasteiger partial charge in [-0.1, -0.05) is 11.3 Å². The van der Waals surface area contributed by atoms with Crippen molar-refractivity contribution in [3.63, 3.8) is 0 Å². The lowest BCUT2D eigenvalue weighted by Gasteiger charge is -2.37. The Kier molecular flexibility index (Phi) is 4.84. The highest BCUT2D eigenvalue weighted by atomic mass is 32.1. The predicted octanol–water partition coefficient (Wildman–Crippen LogP) is 2.16. The van der Waals surface area contributed by atoms with E-state index in [4.69, 9.17) is 0 Å². The monoisotopic (exact) mass is 382 g/mol. The molecule has 3 aromatic rings. The minimum atomic E-state index is 0.135. The number of carbonyl (C=O) groups excluding carboxylic acids is 1. The molecule has 1 atom stereocenters. The van der Waals surface area contributed by atoms with Gasteiger partial charge >= 0.3 is 0 Å². The second-order valence-electron chi connectivity index (χ2n) is 7.06. The molecule has 1 fully saturated rings. The van der Waals surface area contributed by atoms with Crippen LogP contribution in [0.15, 0.2) is 24.5 Å². The largest absolute Gasteiger partial charge is 0.340 e. The average molecular weight is 382 g/mol. The first-order valence-electron chi connectivity index (χ1n) is 9.03. The lowest BCUT2D eigenvalue weighted by atomic mass is 10.1. The van der Waals surface area contributed by atoms with E-state index in [2.05, 4.69) is 39.0 Å². The Morgan fingerprint density at radius 2 is 2.00 bits per heavy atom. The minimum Gasteiger partial charge on any atom is -0.340 e. The quantitative estimate of drug-likeness (QED) is 0.691. The summed E-state index contributed by atoms with van der Waals surface area (Å²) in [5, 5.41) is 11.9. The van der Waals surface area contributed by atoms with Gasteiger partial charge in [0.1, 0.15) is 10.7 Å². The van der Waals surface area contributed by atoms with Crippen LogP contribution >= 0.6 is 11.3 Å². The molecule has 1 saturated heterocycles. The van der Waals surface area contributed by atoms with Gasteiger partial charge in [-0.15, -0.1) is 10.2 Å². The maximum absolute atomic E-state index is 12.7. The van der Waals surface area contributed by atoms with Crippen molar-refractivity contribution in [2.24, 2.45) is 0 Å². The summed E-state index contributed by atoms with van der Waals surface area (Å²) in [6, 6.07) is 4.35. The Labute approximate surface area is 162 Å². The van der Waals surface area contributed by atoms with Crippen LogP contribution in [0.4, 0.5) is 0 Å². The van der Waals surface area contributed by atoms with Gasteiger partial charge in [0.25, 0.3) is 0 Å². The Bertz CT molecular complexity index is 987. The van der Waals surface area contributed by atoms with E-state index < -0.39 is 0 Å². The number of amides is 1. The fourth-order valence-corrected chi connectivity index (χ4v) is 3.90. The zero-order valence-electron chi connectivity index (χ0n) is 15.7. The third-order valence-corrected chi connectivity index (χ3v) is 5.91. The summed E-state index contributed by atoms with van der Waals surface area (Å²) in [5.41, 5.74) is 1.58. The van der Waals surface area contributed by atoms with Crippen molar-refractivity contribution in [1.82, 2.24) is 30.0 Å². The van der Waals surface area contributed by atoms with Crippen molar-refractivity contribution >= 4 is 28.0 Å². The topological polar surface area (TPSA) is 75.1 Å². The second kappa shape index (κ2) is 7.28. The van der Waals surface area contributed by atoms with Crippen molar-refractivity contribution < 1.29 is 4.79 Å². The molecule has 7 nitrogen and oxygen atoms in total. The molecule has 0 bridgehead atoms. The number of carbonyl (C=O) groups is 1. The Balaban J connectivity index is 1.54. The minimum absolute atomic E-state index is 0.135. The molecule has 0 aliphatic carbocycles. The molecule has 1 amide bonds. The fourth-order valence-electron chi connectivity index (χ4n) is 3.24. The van der Waals surface area contributed by atoms with Crippen molar-refractivity contribution in [3.8, 4) is 10.7 Å². The molecule has 3 aromatic heterocycles. The van der Waals surface area contributed by atoms with Crippen LogP contribution in [0.3, 0.4) is 0 Å². The summed E-state index contributed by atoms with van der Waals surface area (Å²) in [7, 11) is 2.10. The number of likely N-dealkylation sites (N-methyl/N-ethyl adjacent to an activating group) is 1. The van der Waals surface area contributed by atoms with Crippen LogP contribution in [0.1, 0.15) is 17.6 Å². The molecular weight excluding hydrogens is 360 g/mol. The van der Waals surface area contributed by atoms with E-state index in [9.17, 15) is 4.79 Å². The van der Waals surface area contributed by atoms with E-state index >= 15 is 0 Å². The van der Waals surface area contributed by atoms with Gasteiger partial charge in [0.15, 0.2) is 5.01 Å². The molecule has 0 spiro atoms. The number of pyridine rings is 2. The molecule has 27 heavy (non-hydrogen) atoms. The number of fused-ring (bicyclic) bond motifs is 1. The number of rotatable bonds is 3. The highest BCUT2D eigenvalue weighted by Gasteiger charge is 2.24. The van der Waals surface area contributed by atoms with E-state index in [0.717, 1.165) is 51.8 Å². The molecule has 140 valence electrons. The summed E-state index contributed by atoms with van der Waals surface area (Å²) in [6.45, 7) is 6.53. The summed E-state index contributed by atoms with van der Waals surface area (Å²) in [6.07, 6.45) is 3.90. The Hall–Kier alpha value is -2.45. The number of hydrogen-bond acceptors (Lipinski definition) is 7. The van der Waals surface area contributed by atoms with Crippen LogP contribution in [-0.4, -0.2) is 68.6 Å². The normalized spacial score (nSPS) is 18.2. The van der Waals surface area contributed by atoms with Crippen LogP contribution in [0.5, 0.6) is 0 Å². The van der Waals surface area contributed by atoms with Gasteiger partial charge in [0.2, 0.25) is 5.91 Å². The smallest absolute Gasteiger partial charge is 0.228 e. The molecule has 8 heteroatoms. The fraction of sp³-hybridized carbons (Fsp3) is 0.421. The van der Waals surface area contributed by atoms with Crippen molar-refractivity contribution in [2.45, 2.75) is 26.3 Å². The van der Waals surface area contributed by atoms with E-state index in [1.54, 1.807) is 12.4 Å². The summed E-state index contributed by atoms with van der Waals surface area (Å²) < 4.78 is 0. The number of piperazine rings is 1. The predicted molar refractivity (Wildman–Crippen MR) is 106 cm³/mol. The molecule has 0 unspecified atom stereocenters.